The van der Waals surface area contributed by atoms with Gasteiger partial charge in [-0.05, 0) is 19.1 Å². The molecule has 1 aromatic carbocycles. The Balaban J connectivity index is 0.000000531. The fraction of sp³-hybridized carbons (Fsp3) is 0.250. The first kappa shape index (κ1) is 11.9. The number of aryl methyl sites for hydroxylation is 1. The molecule has 0 spiro atoms. The molecule has 1 nitrogen and oxygen atoms in total. The second-order valence-electron chi connectivity index (χ2n) is 2.73. The van der Waals surface area contributed by atoms with Gasteiger partial charge in [-0.15, -0.1) is 11.3 Å². The molecule has 0 amide bonds. The van der Waals surface area contributed by atoms with Gasteiger partial charge >= 0.3 is 0 Å². The predicted octanol–water partition coefficient (Wildman–Crippen LogP) is 4.28. The largest absolute Gasteiger partial charge is 0.241 e. The van der Waals surface area contributed by atoms with Crippen LogP contribution in [0, 0.1) is 12.7 Å². The number of thiazole rings is 1. The van der Waals surface area contributed by atoms with Crippen molar-refractivity contribution in [2.75, 3.05) is 0 Å². The number of aromatic nitrogens is 1. The summed E-state index contributed by atoms with van der Waals surface area (Å²) in [6.07, 6.45) is 0. The van der Waals surface area contributed by atoms with Crippen LogP contribution in [0.2, 0.25) is 0 Å². The summed E-state index contributed by atoms with van der Waals surface area (Å²) in [5.41, 5.74) is 1.30. The van der Waals surface area contributed by atoms with E-state index in [1.165, 1.54) is 17.4 Å². The highest BCUT2D eigenvalue weighted by Gasteiger charge is 2.05. The number of nitrogens with zero attached hydrogens (tertiary/aromatic N) is 1. The van der Waals surface area contributed by atoms with E-state index >= 15 is 0 Å². The van der Waals surface area contributed by atoms with Crippen molar-refractivity contribution in [3.8, 4) is 11.3 Å². The third-order valence-electron chi connectivity index (χ3n) is 1.77. The summed E-state index contributed by atoms with van der Waals surface area (Å²) in [6, 6.07) is 6.68. The number of rotatable bonds is 1. The van der Waals surface area contributed by atoms with E-state index in [0.29, 0.717) is 5.56 Å². The maximum atomic E-state index is 13.2. The first-order valence-electron chi connectivity index (χ1n) is 4.94. The van der Waals surface area contributed by atoms with Gasteiger partial charge < -0.3 is 0 Å². The van der Waals surface area contributed by atoms with Crippen molar-refractivity contribution in [1.82, 2.24) is 4.98 Å². The van der Waals surface area contributed by atoms with E-state index in [1.54, 1.807) is 12.1 Å². The summed E-state index contributed by atoms with van der Waals surface area (Å²) in [6.45, 7) is 5.91. The van der Waals surface area contributed by atoms with Crippen LogP contribution in [-0.4, -0.2) is 4.98 Å². The summed E-state index contributed by atoms with van der Waals surface area (Å²) in [4.78, 5) is 4.22. The molecular formula is C12H14FNS. The van der Waals surface area contributed by atoms with E-state index in [2.05, 4.69) is 4.98 Å². The van der Waals surface area contributed by atoms with Crippen LogP contribution in [0.3, 0.4) is 0 Å². The molecule has 15 heavy (non-hydrogen) atoms. The summed E-state index contributed by atoms with van der Waals surface area (Å²) >= 11 is 1.53. The lowest BCUT2D eigenvalue weighted by atomic mass is 10.2. The van der Waals surface area contributed by atoms with Gasteiger partial charge in [-0.3, -0.25) is 0 Å². The van der Waals surface area contributed by atoms with Gasteiger partial charge in [-0.1, -0.05) is 26.0 Å². The summed E-state index contributed by atoms with van der Waals surface area (Å²) < 4.78 is 13.2. The van der Waals surface area contributed by atoms with Gasteiger partial charge in [0.25, 0.3) is 0 Å². The van der Waals surface area contributed by atoms with Crippen LogP contribution in [0.15, 0.2) is 29.6 Å². The van der Waals surface area contributed by atoms with Crippen LogP contribution in [0.4, 0.5) is 4.39 Å². The quantitative estimate of drug-likeness (QED) is 0.703. The third kappa shape index (κ3) is 2.86. The maximum Gasteiger partial charge on any atom is 0.132 e. The van der Waals surface area contributed by atoms with Gasteiger partial charge in [-0.25, -0.2) is 9.37 Å². The molecule has 0 aliphatic rings. The Morgan fingerprint density at radius 2 is 1.87 bits per heavy atom. The maximum absolute atomic E-state index is 13.2. The lowest BCUT2D eigenvalue weighted by Crippen LogP contribution is -1.82. The molecule has 3 heteroatoms. The van der Waals surface area contributed by atoms with Crippen LogP contribution in [-0.2, 0) is 0 Å². The van der Waals surface area contributed by atoms with Gasteiger partial charge in [0, 0.05) is 10.9 Å². The van der Waals surface area contributed by atoms with Crippen molar-refractivity contribution in [3.63, 3.8) is 0 Å². The normalized spacial score (nSPS) is 9.33. The van der Waals surface area contributed by atoms with E-state index < -0.39 is 0 Å². The van der Waals surface area contributed by atoms with Crippen LogP contribution in [0.25, 0.3) is 11.3 Å². The minimum atomic E-state index is -0.215. The molecule has 0 aliphatic heterocycles. The molecule has 0 N–H and O–H groups in total. The molecule has 2 aromatic rings. The lowest BCUT2D eigenvalue weighted by Gasteiger charge is -1.96. The van der Waals surface area contributed by atoms with Crippen molar-refractivity contribution >= 4 is 11.3 Å². The van der Waals surface area contributed by atoms with Gasteiger partial charge in [0.15, 0.2) is 0 Å². The summed E-state index contributed by atoms with van der Waals surface area (Å²) in [5.74, 6) is -0.215. The van der Waals surface area contributed by atoms with Gasteiger partial charge in [0.1, 0.15) is 5.82 Å². The van der Waals surface area contributed by atoms with Gasteiger partial charge in [0.05, 0.1) is 10.7 Å². The third-order valence-corrected chi connectivity index (χ3v) is 2.54. The molecule has 0 unspecified atom stereocenters. The van der Waals surface area contributed by atoms with Crippen LogP contribution in [0.5, 0.6) is 0 Å². The fourth-order valence-electron chi connectivity index (χ4n) is 1.16. The molecule has 0 radical (unpaired) electrons. The van der Waals surface area contributed by atoms with Crippen molar-refractivity contribution in [1.29, 1.82) is 0 Å². The Kier molecular flexibility index (Phi) is 4.43. The molecule has 80 valence electrons. The topological polar surface area (TPSA) is 12.9 Å². The van der Waals surface area contributed by atoms with E-state index in [0.717, 1.165) is 10.7 Å². The molecule has 0 atom stereocenters. The minimum Gasteiger partial charge on any atom is -0.241 e. The van der Waals surface area contributed by atoms with Crippen LogP contribution < -0.4 is 0 Å². The minimum absolute atomic E-state index is 0.215. The predicted molar refractivity (Wildman–Crippen MR) is 63.6 cm³/mol. The second-order valence-corrected chi connectivity index (χ2v) is 3.79. The highest BCUT2D eigenvalue weighted by Crippen LogP contribution is 2.23. The summed E-state index contributed by atoms with van der Waals surface area (Å²) in [7, 11) is 0. The van der Waals surface area contributed by atoms with Crippen molar-refractivity contribution < 1.29 is 4.39 Å². The zero-order chi connectivity index (χ0) is 11.3. The average Bonchev–Trinajstić information content (AvgIpc) is 2.68. The second kappa shape index (κ2) is 5.61. The molecule has 2 rings (SSSR count). The number of halogens is 1. The zero-order valence-corrected chi connectivity index (χ0v) is 9.94. The van der Waals surface area contributed by atoms with Crippen molar-refractivity contribution in [2.45, 2.75) is 20.8 Å². The molecule has 0 fully saturated rings. The number of benzene rings is 1. The zero-order valence-electron chi connectivity index (χ0n) is 9.12. The Labute approximate surface area is 93.6 Å². The molecule has 0 bridgehead atoms. The summed E-state index contributed by atoms with van der Waals surface area (Å²) in [5, 5.41) is 2.83. The number of hydrogen-bond acceptors (Lipinski definition) is 2. The first-order chi connectivity index (χ1) is 7.27. The SMILES string of the molecule is CC.Cc1nc(-c2ccccc2F)cs1. The Morgan fingerprint density at radius 1 is 1.20 bits per heavy atom. The smallest absolute Gasteiger partial charge is 0.132 e. The van der Waals surface area contributed by atoms with E-state index in [1.807, 2.05) is 32.2 Å². The Bertz CT molecular complexity index is 423. The average molecular weight is 223 g/mol. The van der Waals surface area contributed by atoms with Crippen LogP contribution in [0.1, 0.15) is 18.9 Å². The van der Waals surface area contributed by atoms with E-state index in [-0.39, 0.29) is 5.82 Å². The monoisotopic (exact) mass is 223 g/mol. The lowest BCUT2D eigenvalue weighted by molar-refractivity contribution is 0.631. The standard InChI is InChI=1S/C10H8FNS.C2H6/c1-7-12-10(6-13-7)8-4-2-3-5-9(8)11;1-2/h2-6H,1H3;1-2H3. The molecule has 1 aromatic heterocycles. The highest BCUT2D eigenvalue weighted by molar-refractivity contribution is 7.09. The van der Waals surface area contributed by atoms with Crippen molar-refractivity contribution in [2.24, 2.45) is 0 Å². The van der Waals surface area contributed by atoms with E-state index in [9.17, 15) is 4.39 Å². The van der Waals surface area contributed by atoms with Crippen LogP contribution >= 0.6 is 11.3 Å². The molecule has 0 aliphatic carbocycles. The number of hydrogen-bond donors (Lipinski definition) is 0. The molecule has 1 heterocycles. The van der Waals surface area contributed by atoms with E-state index in [4.69, 9.17) is 0 Å². The molecular weight excluding hydrogens is 209 g/mol. The first-order valence-corrected chi connectivity index (χ1v) is 5.82. The highest BCUT2D eigenvalue weighted by atomic mass is 32.1. The van der Waals surface area contributed by atoms with Gasteiger partial charge in [0.2, 0.25) is 0 Å². The fourth-order valence-corrected chi connectivity index (χ4v) is 1.77. The van der Waals surface area contributed by atoms with Crippen molar-refractivity contribution in [3.05, 3.63) is 40.5 Å². The molecule has 0 saturated heterocycles. The molecule has 0 saturated carbocycles. The Hall–Kier alpha value is -1.22. The van der Waals surface area contributed by atoms with Gasteiger partial charge in [-0.2, -0.15) is 0 Å². The Morgan fingerprint density at radius 3 is 2.40 bits per heavy atom.